The van der Waals surface area contributed by atoms with Gasteiger partial charge in [0.1, 0.15) is 24.3 Å². The van der Waals surface area contributed by atoms with E-state index in [1.165, 1.54) is 5.56 Å². The highest BCUT2D eigenvalue weighted by Gasteiger charge is 2.15. The van der Waals surface area contributed by atoms with Gasteiger partial charge in [-0.1, -0.05) is 60.1 Å². The van der Waals surface area contributed by atoms with Gasteiger partial charge >= 0.3 is 0 Å². The van der Waals surface area contributed by atoms with Crippen LogP contribution in [0.15, 0.2) is 72.8 Å². The molecule has 1 heterocycles. The summed E-state index contributed by atoms with van der Waals surface area (Å²) in [6.07, 6.45) is 0.00556. The van der Waals surface area contributed by atoms with E-state index in [0.717, 1.165) is 22.4 Å². The number of aliphatic hydroxyl groups is 1. The minimum atomic E-state index is -0.696. The normalized spacial score (nSPS) is 12.2. The molecule has 0 radical (unpaired) electrons. The fraction of sp³-hybridized carbons (Fsp3) is 0.208. The zero-order valence-corrected chi connectivity index (χ0v) is 17.0. The number of benzene rings is 3. The van der Waals surface area contributed by atoms with Crippen molar-refractivity contribution in [1.29, 1.82) is 0 Å². The molecule has 5 heteroatoms. The van der Waals surface area contributed by atoms with E-state index in [2.05, 4.69) is 16.7 Å². The summed E-state index contributed by atoms with van der Waals surface area (Å²) in [6, 6.07) is 23.8. The summed E-state index contributed by atoms with van der Waals surface area (Å²) in [5, 5.41) is 11.2. The first-order chi connectivity index (χ1) is 14.1. The number of para-hydroxylation sites is 2. The van der Waals surface area contributed by atoms with Crippen LogP contribution in [0, 0.1) is 6.92 Å². The van der Waals surface area contributed by atoms with Crippen LogP contribution in [0.1, 0.15) is 17.0 Å². The highest BCUT2D eigenvalue weighted by atomic mass is 35.5. The Morgan fingerprint density at radius 2 is 1.79 bits per heavy atom. The lowest BCUT2D eigenvalue weighted by Crippen LogP contribution is -2.24. The number of aryl methyl sites for hydroxylation is 1. The molecule has 1 N–H and O–H groups in total. The van der Waals surface area contributed by atoms with Gasteiger partial charge in [0, 0.05) is 6.42 Å². The molecule has 3 aromatic carbocycles. The Kier molecular flexibility index (Phi) is 5.84. The fourth-order valence-corrected chi connectivity index (χ4v) is 3.59. The molecule has 0 bridgehead atoms. The van der Waals surface area contributed by atoms with Crippen LogP contribution in [-0.4, -0.2) is 27.4 Å². The van der Waals surface area contributed by atoms with Crippen molar-refractivity contribution in [2.24, 2.45) is 0 Å². The summed E-state index contributed by atoms with van der Waals surface area (Å²) in [5.74, 6) is 1.51. The molecular weight excluding hydrogens is 384 g/mol. The van der Waals surface area contributed by atoms with Crippen molar-refractivity contribution in [3.8, 4) is 5.75 Å². The van der Waals surface area contributed by atoms with Gasteiger partial charge in [0.2, 0.25) is 0 Å². The van der Waals surface area contributed by atoms with Crippen molar-refractivity contribution < 1.29 is 9.84 Å². The highest BCUT2D eigenvalue weighted by Crippen LogP contribution is 2.25. The standard InChI is InChI=1S/C24H23ClN2O2/c1-17-11-12-20(25)23(13-17)29-16-19(28)15-27-22-10-6-5-9-21(22)26-24(27)14-18-7-3-2-4-8-18/h2-13,19,28H,14-16H2,1H3/t19-/m0/s1. The molecule has 0 amide bonds. The second kappa shape index (κ2) is 8.68. The first kappa shape index (κ1) is 19.5. The molecule has 0 saturated heterocycles. The molecule has 1 atom stereocenters. The van der Waals surface area contributed by atoms with Crippen LogP contribution in [0.4, 0.5) is 0 Å². The number of halogens is 1. The first-order valence-corrected chi connectivity index (χ1v) is 10.0. The third kappa shape index (κ3) is 4.61. The molecule has 0 aliphatic heterocycles. The van der Waals surface area contributed by atoms with E-state index in [1.807, 2.05) is 61.5 Å². The van der Waals surface area contributed by atoms with Crippen LogP contribution in [0.5, 0.6) is 5.75 Å². The Morgan fingerprint density at radius 1 is 1.03 bits per heavy atom. The topological polar surface area (TPSA) is 47.3 Å². The molecule has 0 fully saturated rings. The third-order valence-electron chi connectivity index (χ3n) is 4.85. The third-order valence-corrected chi connectivity index (χ3v) is 5.16. The van der Waals surface area contributed by atoms with E-state index < -0.39 is 6.10 Å². The Bertz CT molecular complexity index is 1110. The predicted octanol–water partition coefficient (Wildman–Crippen LogP) is 5.03. The number of hydrogen-bond donors (Lipinski definition) is 1. The summed E-state index contributed by atoms with van der Waals surface area (Å²) >= 11 is 6.19. The van der Waals surface area contributed by atoms with Gasteiger partial charge in [-0.15, -0.1) is 0 Å². The minimum absolute atomic E-state index is 0.153. The molecule has 0 saturated carbocycles. The van der Waals surface area contributed by atoms with Crippen molar-refractivity contribution in [2.45, 2.75) is 26.0 Å². The molecule has 4 nitrogen and oxygen atoms in total. The Morgan fingerprint density at radius 3 is 2.62 bits per heavy atom. The van der Waals surface area contributed by atoms with Crippen molar-refractivity contribution in [3.05, 3.63) is 94.8 Å². The van der Waals surface area contributed by atoms with Gasteiger partial charge < -0.3 is 14.4 Å². The van der Waals surface area contributed by atoms with Crippen LogP contribution in [-0.2, 0) is 13.0 Å². The van der Waals surface area contributed by atoms with E-state index in [1.54, 1.807) is 6.07 Å². The molecule has 0 aliphatic carbocycles. The lowest BCUT2D eigenvalue weighted by Gasteiger charge is -2.16. The van der Waals surface area contributed by atoms with Crippen molar-refractivity contribution in [1.82, 2.24) is 9.55 Å². The lowest BCUT2D eigenvalue weighted by molar-refractivity contribution is 0.0928. The SMILES string of the molecule is Cc1ccc(Cl)c(OC[C@@H](O)Cn2c(Cc3ccccc3)nc3ccccc32)c1. The van der Waals surface area contributed by atoms with E-state index in [9.17, 15) is 5.11 Å². The van der Waals surface area contributed by atoms with Crippen LogP contribution in [0.25, 0.3) is 11.0 Å². The number of aromatic nitrogens is 2. The maximum absolute atomic E-state index is 10.7. The number of hydrogen-bond acceptors (Lipinski definition) is 3. The quantitative estimate of drug-likeness (QED) is 0.468. The Balaban J connectivity index is 1.54. The molecule has 4 aromatic rings. The maximum Gasteiger partial charge on any atom is 0.138 e. The summed E-state index contributed by atoms with van der Waals surface area (Å²) in [7, 11) is 0. The average Bonchev–Trinajstić information content (AvgIpc) is 3.06. The smallest absolute Gasteiger partial charge is 0.138 e. The number of imidazole rings is 1. The second-order valence-electron chi connectivity index (χ2n) is 7.19. The monoisotopic (exact) mass is 406 g/mol. The second-order valence-corrected chi connectivity index (χ2v) is 7.60. The van der Waals surface area contributed by atoms with Gasteiger partial charge in [-0.25, -0.2) is 4.98 Å². The number of nitrogens with zero attached hydrogens (tertiary/aromatic N) is 2. The Hall–Kier alpha value is -2.82. The van der Waals surface area contributed by atoms with Crippen molar-refractivity contribution >= 4 is 22.6 Å². The summed E-state index contributed by atoms with van der Waals surface area (Å²) < 4.78 is 7.86. The molecule has 4 rings (SSSR count). The maximum atomic E-state index is 10.7. The largest absolute Gasteiger partial charge is 0.489 e. The number of aliphatic hydroxyl groups excluding tert-OH is 1. The van der Waals surface area contributed by atoms with Gasteiger partial charge in [0.25, 0.3) is 0 Å². The molecule has 0 unspecified atom stereocenters. The number of fused-ring (bicyclic) bond motifs is 1. The zero-order chi connectivity index (χ0) is 20.2. The molecule has 29 heavy (non-hydrogen) atoms. The summed E-state index contributed by atoms with van der Waals surface area (Å²) in [5.41, 5.74) is 4.17. The molecule has 0 spiro atoms. The van der Waals surface area contributed by atoms with Gasteiger partial charge in [-0.2, -0.15) is 0 Å². The highest BCUT2D eigenvalue weighted by molar-refractivity contribution is 6.32. The van der Waals surface area contributed by atoms with Crippen LogP contribution in [0.3, 0.4) is 0 Å². The van der Waals surface area contributed by atoms with E-state index in [0.29, 0.717) is 23.7 Å². The van der Waals surface area contributed by atoms with Crippen LogP contribution in [0.2, 0.25) is 5.02 Å². The van der Waals surface area contributed by atoms with Gasteiger partial charge in [0.05, 0.1) is 22.6 Å². The first-order valence-electron chi connectivity index (χ1n) is 9.65. The lowest BCUT2D eigenvalue weighted by atomic mass is 10.1. The van der Waals surface area contributed by atoms with Crippen LogP contribution < -0.4 is 4.74 Å². The summed E-state index contributed by atoms with van der Waals surface area (Å²) in [4.78, 5) is 4.79. The van der Waals surface area contributed by atoms with E-state index in [4.69, 9.17) is 21.3 Å². The Labute approximate surface area is 175 Å². The minimum Gasteiger partial charge on any atom is -0.489 e. The van der Waals surface area contributed by atoms with Crippen molar-refractivity contribution in [3.63, 3.8) is 0 Å². The fourth-order valence-electron chi connectivity index (χ4n) is 3.41. The predicted molar refractivity (Wildman–Crippen MR) is 117 cm³/mol. The van der Waals surface area contributed by atoms with E-state index >= 15 is 0 Å². The number of rotatable bonds is 7. The van der Waals surface area contributed by atoms with Crippen LogP contribution >= 0.6 is 11.6 Å². The summed E-state index contributed by atoms with van der Waals surface area (Å²) in [6.45, 7) is 2.53. The molecule has 148 valence electrons. The zero-order valence-electron chi connectivity index (χ0n) is 16.3. The van der Waals surface area contributed by atoms with E-state index in [-0.39, 0.29) is 6.61 Å². The van der Waals surface area contributed by atoms with Gasteiger partial charge in [0.15, 0.2) is 0 Å². The molecule has 0 aliphatic rings. The average molecular weight is 407 g/mol. The number of ether oxygens (including phenoxy) is 1. The molecule has 1 aromatic heterocycles. The van der Waals surface area contributed by atoms with Crippen molar-refractivity contribution in [2.75, 3.05) is 6.61 Å². The van der Waals surface area contributed by atoms with Gasteiger partial charge in [-0.05, 0) is 42.3 Å². The molecular formula is C24H23ClN2O2. The van der Waals surface area contributed by atoms with Gasteiger partial charge in [-0.3, -0.25) is 0 Å².